The van der Waals surface area contributed by atoms with Gasteiger partial charge in [0, 0.05) is 5.56 Å². The standard InChI is InChI=1S/C23H23FN2O2/c1-22(2)20(23(22)12-7-13-23)21(27)28-19(15-25)16-8-6-11-18(14-16)26(24)17-9-4-3-5-10-17/h3-6,8-11,14,19-20H,7,12-13H2,1-2H3. The van der Waals surface area contributed by atoms with Gasteiger partial charge in [0.2, 0.25) is 6.10 Å². The van der Waals surface area contributed by atoms with Crippen molar-refractivity contribution < 1.29 is 14.0 Å². The van der Waals surface area contributed by atoms with E-state index in [0.717, 1.165) is 19.3 Å². The van der Waals surface area contributed by atoms with E-state index in [4.69, 9.17) is 4.74 Å². The van der Waals surface area contributed by atoms with Crippen molar-refractivity contribution in [3.63, 3.8) is 0 Å². The quantitative estimate of drug-likeness (QED) is 0.499. The molecular formula is C23H23FN2O2. The highest BCUT2D eigenvalue weighted by atomic mass is 19.2. The summed E-state index contributed by atoms with van der Waals surface area (Å²) in [7, 11) is 0. The summed E-state index contributed by atoms with van der Waals surface area (Å²) in [4.78, 5) is 12.8. The van der Waals surface area contributed by atoms with Gasteiger partial charge in [-0.2, -0.15) is 10.4 Å². The van der Waals surface area contributed by atoms with Crippen LogP contribution in [0.2, 0.25) is 0 Å². The van der Waals surface area contributed by atoms with Crippen molar-refractivity contribution in [1.82, 2.24) is 0 Å². The van der Waals surface area contributed by atoms with Gasteiger partial charge in [-0.3, -0.25) is 4.79 Å². The van der Waals surface area contributed by atoms with Crippen LogP contribution in [-0.4, -0.2) is 5.97 Å². The first kappa shape index (κ1) is 18.5. The molecule has 5 heteroatoms. The normalized spacial score (nSPS) is 21.9. The fraction of sp³-hybridized carbons (Fsp3) is 0.391. The Morgan fingerprint density at radius 1 is 1.18 bits per heavy atom. The SMILES string of the molecule is CC1(C)C(C(=O)OC(C#N)c2cccc(N(F)c3ccccc3)c2)C12CCC2. The Labute approximate surface area is 164 Å². The van der Waals surface area contributed by atoms with Crippen LogP contribution in [0.25, 0.3) is 0 Å². The van der Waals surface area contributed by atoms with E-state index in [1.165, 1.54) is 0 Å². The van der Waals surface area contributed by atoms with E-state index in [1.807, 2.05) is 12.1 Å². The van der Waals surface area contributed by atoms with Crippen LogP contribution in [0, 0.1) is 28.1 Å². The Morgan fingerprint density at radius 3 is 2.43 bits per heavy atom. The minimum absolute atomic E-state index is 0.0506. The lowest BCUT2D eigenvalue weighted by Gasteiger charge is -2.29. The molecule has 28 heavy (non-hydrogen) atoms. The summed E-state index contributed by atoms with van der Waals surface area (Å²) in [6, 6.07) is 17.2. The number of hydrogen-bond donors (Lipinski definition) is 0. The molecule has 4 rings (SSSR count). The smallest absolute Gasteiger partial charge is 0.311 e. The minimum atomic E-state index is -1.05. The van der Waals surface area contributed by atoms with Crippen molar-refractivity contribution in [2.45, 2.75) is 39.2 Å². The van der Waals surface area contributed by atoms with Crippen LogP contribution in [-0.2, 0) is 9.53 Å². The van der Waals surface area contributed by atoms with E-state index in [-0.39, 0.29) is 28.4 Å². The van der Waals surface area contributed by atoms with Crippen molar-refractivity contribution in [1.29, 1.82) is 5.26 Å². The van der Waals surface area contributed by atoms with Crippen LogP contribution in [0.5, 0.6) is 0 Å². The number of nitriles is 1. The lowest BCUT2D eigenvalue weighted by molar-refractivity contribution is -0.150. The first-order chi connectivity index (χ1) is 13.4. The molecule has 0 radical (unpaired) electrons. The monoisotopic (exact) mass is 378 g/mol. The van der Waals surface area contributed by atoms with Gasteiger partial charge in [0.05, 0.1) is 17.3 Å². The fourth-order valence-electron chi connectivity index (χ4n) is 4.82. The summed E-state index contributed by atoms with van der Waals surface area (Å²) in [5, 5.41) is 10.1. The molecule has 1 spiro atoms. The Bertz CT molecular complexity index is 931. The third-order valence-electron chi connectivity index (χ3n) is 6.69. The number of carbonyl (C=O) groups excluding carboxylic acids is 1. The average Bonchev–Trinajstić information content (AvgIpc) is 3.23. The molecule has 0 aliphatic heterocycles. The second-order valence-corrected chi connectivity index (χ2v) is 8.32. The molecule has 2 aromatic rings. The van der Waals surface area contributed by atoms with Gasteiger partial charge in [0.25, 0.3) is 0 Å². The number of benzene rings is 2. The molecule has 0 saturated heterocycles. The topological polar surface area (TPSA) is 53.3 Å². The zero-order chi connectivity index (χ0) is 19.9. The summed E-state index contributed by atoms with van der Waals surface area (Å²) < 4.78 is 20.3. The highest BCUT2D eigenvalue weighted by Crippen LogP contribution is 2.78. The molecule has 0 heterocycles. The molecular weight excluding hydrogens is 355 g/mol. The van der Waals surface area contributed by atoms with E-state index >= 15 is 0 Å². The molecule has 2 saturated carbocycles. The molecule has 144 valence electrons. The first-order valence-electron chi connectivity index (χ1n) is 9.62. The van der Waals surface area contributed by atoms with Crippen LogP contribution < -0.4 is 5.12 Å². The molecule has 0 aromatic heterocycles. The largest absolute Gasteiger partial charge is 0.442 e. The fourth-order valence-corrected chi connectivity index (χ4v) is 4.82. The van der Waals surface area contributed by atoms with E-state index in [9.17, 15) is 14.5 Å². The van der Waals surface area contributed by atoms with Gasteiger partial charge in [-0.15, -0.1) is 0 Å². The number of rotatable bonds is 5. The third-order valence-corrected chi connectivity index (χ3v) is 6.69. The molecule has 2 unspecified atom stereocenters. The molecule has 2 aromatic carbocycles. The zero-order valence-electron chi connectivity index (χ0n) is 16.1. The molecule has 0 N–H and O–H groups in total. The van der Waals surface area contributed by atoms with Gasteiger partial charge in [-0.1, -0.05) is 55.1 Å². The summed E-state index contributed by atoms with van der Waals surface area (Å²) in [6.45, 7) is 4.20. The summed E-state index contributed by atoms with van der Waals surface area (Å²) >= 11 is 0. The van der Waals surface area contributed by atoms with Crippen molar-refractivity contribution >= 4 is 17.3 Å². The zero-order valence-corrected chi connectivity index (χ0v) is 16.1. The molecule has 2 aliphatic rings. The highest BCUT2D eigenvalue weighted by molar-refractivity contribution is 5.80. The molecule has 2 atom stereocenters. The van der Waals surface area contributed by atoms with Crippen molar-refractivity contribution in [3.05, 3.63) is 60.2 Å². The van der Waals surface area contributed by atoms with Crippen molar-refractivity contribution in [2.24, 2.45) is 16.7 Å². The number of halogens is 1. The lowest BCUT2D eigenvalue weighted by atomic mass is 9.75. The maximum atomic E-state index is 14.7. The number of ether oxygens (including phenoxy) is 1. The Hall–Kier alpha value is -2.87. The number of anilines is 2. The molecule has 2 fully saturated rings. The van der Waals surface area contributed by atoms with Gasteiger partial charge in [-0.25, -0.2) is 0 Å². The van der Waals surface area contributed by atoms with Gasteiger partial charge in [-0.05, 0) is 47.9 Å². The molecule has 0 amide bonds. The lowest BCUT2D eigenvalue weighted by Crippen LogP contribution is -2.22. The van der Waals surface area contributed by atoms with Gasteiger partial charge in [0.15, 0.2) is 0 Å². The number of carbonyl (C=O) groups is 1. The molecule has 0 bridgehead atoms. The number of esters is 1. The maximum Gasteiger partial charge on any atom is 0.311 e. The highest BCUT2D eigenvalue weighted by Gasteiger charge is 2.76. The van der Waals surface area contributed by atoms with Crippen LogP contribution in [0.3, 0.4) is 0 Å². The van der Waals surface area contributed by atoms with Crippen molar-refractivity contribution in [2.75, 3.05) is 5.12 Å². The van der Waals surface area contributed by atoms with E-state index in [2.05, 4.69) is 13.8 Å². The Kier molecular flexibility index (Phi) is 4.38. The van der Waals surface area contributed by atoms with Crippen LogP contribution in [0.4, 0.5) is 15.9 Å². The number of para-hydroxylation sites is 1. The van der Waals surface area contributed by atoms with Crippen molar-refractivity contribution in [3.8, 4) is 6.07 Å². The predicted molar refractivity (Wildman–Crippen MR) is 104 cm³/mol. The average molecular weight is 378 g/mol. The molecule has 2 aliphatic carbocycles. The predicted octanol–water partition coefficient (Wildman–Crippen LogP) is 5.64. The second-order valence-electron chi connectivity index (χ2n) is 8.32. The Morgan fingerprint density at radius 2 is 1.86 bits per heavy atom. The van der Waals surface area contributed by atoms with E-state index in [1.54, 1.807) is 48.5 Å². The Balaban J connectivity index is 1.51. The van der Waals surface area contributed by atoms with Crippen LogP contribution >= 0.6 is 0 Å². The van der Waals surface area contributed by atoms with E-state index < -0.39 is 6.10 Å². The van der Waals surface area contributed by atoms with Crippen LogP contribution in [0.1, 0.15) is 44.8 Å². The van der Waals surface area contributed by atoms with Gasteiger partial charge < -0.3 is 4.74 Å². The number of hydrogen-bond acceptors (Lipinski definition) is 4. The number of nitrogens with zero attached hydrogens (tertiary/aromatic N) is 2. The maximum absolute atomic E-state index is 14.7. The van der Waals surface area contributed by atoms with E-state index in [0.29, 0.717) is 16.4 Å². The van der Waals surface area contributed by atoms with Gasteiger partial charge in [0.1, 0.15) is 6.07 Å². The summed E-state index contributed by atoms with van der Waals surface area (Å²) in [6.07, 6.45) is 2.17. The minimum Gasteiger partial charge on any atom is -0.442 e. The molecule has 4 nitrogen and oxygen atoms in total. The third kappa shape index (κ3) is 2.75. The first-order valence-corrected chi connectivity index (χ1v) is 9.62. The summed E-state index contributed by atoms with van der Waals surface area (Å²) in [5.41, 5.74) is 1.11. The van der Waals surface area contributed by atoms with Crippen LogP contribution in [0.15, 0.2) is 54.6 Å². The second kappa shape index (κ2) is 6.63. The summed E-state index contributed by atoms with van der Waals surface area (Å²) in [5.74, 6) is -0.475. The van der Waals surface area contributed by atoms with Gasteiger partial charge >= 0.3 is 5.97 Å².